The van der Waals surface area contributed by atoms with Crippen molar-refractivity contribution in [3.63, 3.8) is 0 Å². The highest BCUT2D eigenvalue weighted by Crippen LogP contribution is 2.32. The summed E-state index contributed by atoms with van der Waals surface area (Å²) in [7, 11) is 0. The third kappa shape index (κ3) is 2.29. The Labute approximate surface area is 100 Å². The summed E-state index contributed by atoms with van der Waals surface area (Å²) in [6.07, 6.45) is -3.05. The second-order valence-electron chi connectivity index (χ2n) is 3.58. The lowest BCUT2D eigenvalue weighted by Gasteiger charge is -2.11. The quantitative estimate of drug-likeness (QED) is 0.647. The summed E-state index contributed by atoms with van der Waals surface area (Å²) in [6, 6.07) is -1.20. The number of hydrogen-bond donors (Lipinski definition) is 1. The highest BCUT2D eigenvalue weighted by molar-refractivity contribution is 5.72. The molecular formula is C9H11F2N3O4. The van der Waals surface area contributed by atoms with E-state index >= 15 is 0 Å². The summed E-state index contributed by atoms with van der Waals surface area (Å²) in [5.41, 5.74) is -2.02. The van der Waals surface area contributed by atoms with Crippen molar-refractivity contribution in [2.75, 3.05) is 0 Å². The fourth-order valence-electron chi connectivity index (χ4n) is 1.66. The minimum absolute atomic E-state index is 0.0810. The van der Waals surface area contributed by atoms with Gasteiger partial charge in [-0.15, -0.1) is 0 Å². The van der Waals surface area contributed by atoms with Crippen molar-refractivity contribution in [3.8, 4) is 0 Å². The van der Waals surface area contributed by atoms with Gasteiger partial charge in [-0.25, -0.2) is 18.3 Å². The van der Waals surface area contributed by atoms with Crippen molar-refractivity contribution in [2.24, 2.45) is 0 Å². The topological polar surface area (TPSA) is 98.3 Å². The van der Waals surface area contributed by atoms with Crippen LogP contribution < -0.4 is 0 Å². The number of nitro groups is 1. The molecule has 0 saturated carbocycles. The van der Waals surface area contributed by atoms with Gasteiger partial charge in [-0.2, -0.15) is 5.10 Å². The molecule has 0 radical (unpaired) electrons. The number of carbonyl (C=O) groups is 1. The van der Waals surface area contributed by atoms with Crippen LogP contribution in [0.4, 0.5) is 14.5 Å². The molecule has 0 amide bonds. The predicted molar refractivity (Wildman–Crippen MR) is 55.5 cm³/mol. The van der Waals surface area contributed by atoms with Gasteiger partial charge in [-0.1, -0.05) is 6.92 Å². The molecule has 1 heterocycles. The van der Waals surface area contributed by atoms with Crippen LogP contribution in [0.1, 0.15) is 37.2 Å². The Bertz CT molecular complexity index is 486. The molecule has 0 spiro atoms. The zero-order chi connectivity index (χ0) is 14.0. The van der Waals surface area contributed by atoms with Gasteiger partial charge >= 0.3 is 11.7 Å². The summed E-state index contributed by atoms with van der Waals surface area (Å²) in [5.74, 6) is -1.28. The van der Waals surface area contributed by atoms with Crippen molar-refractivity contribution in [1.29, 1.82) is 0 Å². The van der Waals surface area contributed by atoms with E-state index in [9.17, 15) is 23.7 Å². The second kappa shape index (κ2) is 5.07. The predicted octanol–water partition coefficient (Wildman–Crippen LogP) is 2.07. The minimum Gasteiger partial charge on any atom is -0.480 e. The Morgan fingerprint density at radius 3 is 2.44 bits per heavy atom. The van der Waals surface area contributed by atoms with Crippen LogP contribution in [-0.2, 0) is 4.79 Å². The third-order valence-corrected chi connectivity index (χ3v) is 2.50. The van der Waals surface area contributed by atoms with Crippen molar-refractivity contribution >= 4 is 11.7 Å². The summed E-state index contributed by atoms with van der Waals surface area (Å²) in [5, 5.41) is 23.0. The Morgan fingerprint density at radius 2 is 2.17 bits per heavy atom. The first-order valence-electron chi connectivity index (χ1n) is 5.05. The van der Waals surface area contributed by atoms with Crippen LogP contribution in [-0.4, -0.2) is 25.8 Å². The second-order valence-corrected chi connectivity index (χ2v) is 3.58. The molecule has 1 aromatic heterocycles. The fraction of sp³-hybridized carbons (Fsp3) is 0.556. The van der Waals surface area contributed by atoms with E-state index in [1.54, 1.807) is 0 Å². The molecule has 1 atom stereocenters. The number of carboxylic acid groups (broad SMARTS) is 1. The standard InChI is InChI=1S/C9H11F2N3O4/c1-3-5(9(15)16)13-4(2)7(14(17)18)6(12-13)8(10)11/h5,8H,3H2,1-2H3,(H,15,16)/t5-/m1/s1. The minimum atomic E-state index is -3.13. The van der Waals surface area contributed by atoms with Gasteiger partial charge in [-0.05, 0) is 13.3 Å². The molecule has 18 heavy (non-hydrogen) atoms. The molecule has 100 valence electrons. The van der Waals surface area contributed by atoms with Crippen molar-refractivity contribution in [1.82, 2.24) is 9.78 Å². The molecule has 7 nitrogen and oxygen atoms in total. The third-order valence-electron chi connectivity index (χ3n) is 2.50. The van der Waals surface area contributed by atoms with Gasteiger partial charge < -0.3 is 5.11 Å². The van der Waals surface area contributed by atoms with Crippen LogP contribution in [0.2, 0.25) is 0 Å². The van der Waals surface area contributed by atoms with Gasteiger partial charge in [0.25, 0.3) is 6.43 Å². The Morgan fingerprint density at radius 1 is 1.61 bits per heavy atom. The van der Waals surface area contributed by atoms with E-state index in [4.69, 9.17) is 5.11 Å². The number of aliphatic carboxylic acids is 1. The molecule has 1 rings (SSSR count). The van der Waals surface area contributed by atoms with Gasteiger partial charge in [0.15, 0.2) is 0 Å². The molecule has 0 saturated heterocycles. The van der Waals surface area contributed by atoms with E-state index in [-0.39, 0.29) is 12.1 Å². The molecular weight excluding hydrogens is 252 g/mol. The molecule has 1 N–H and O–H groups in total. The van der Waals surface area contributed by atoms with Crippen LogP contribution >= 0.6 is 0 Å². The summed E-state index contributed by atoms with van der Waals surface area (Å²) < 4.78 is 26.0. The van der Waals surface area contributed by atoms with Gasteiger partial charge in [-0.3, -0.25) is 10.1 Å². The van der Waals surface area contributed by atoms with E-state index in [2.05, 4.69) is 5.10 Å². The largest absolute Gasteiger partial charge is 0.480 e. The first-order valence-corrected chi connectivity index (χ1v) is 5.05. The molecule has 1 aromatic rings. The normalized spacial score (nSPS) is 12.7. The molecule has 0 aromatic carbocycles. The number of halogens is 2. The summed E-state index contributed by atoms with van der Waals surface area (Å²) >= 11 is 0. The average Bonchev–Trinajstić information content (AvgIpc) is 2.57. The van der Waals surface area contributed by atoms with Crippen LogP contribution in [0.25, 0.3) is 0 Å². The number of rotatable bonds is 5. The molecule has 0 aliphatic carbocycles. The maximum atomic E-state index is 12.6. The molecule has 0 aliphatic rings. The van der Waals surface area contributed by atoms with Crippen LogP contribution in [0.5, 0.6) is 0 Å². The number of nitrogens with zero attached hydrogens (tertiary/aromatic N) is 3. The van der Waals surface area contributed by atoms with E-state index < -0.39 is 34.7 Å². The van der Waals surface area contributed by atoms with E-state index in [1.807, 2.05) is 0 Å². The SMILES string of the molecule is CC[C@H](C(=O)O)n1nc(C(F)F)c([N+](=O)[O-])c1C. The number of carboxylic acids is 1. The fourth-order valence-corrected chi connectivity index (χ4v) is 1.66. The zero-order valence-electron chi connectivity index (χ0n) is 9.63. The Balaban J connectivity index is 3.44. The number of aromatic nitrogens is 2. The molecule has 0 aliphatic heterocycles. The zero-order valence-corrected chi connectivity index (χ0v) is 9.63. The lowest BCUT2D eigenvalue weighted by atomic mass is 10.2. The van der Waals surface area contributed by atoms with Gasteiger partial charge in [0.05, 0.1) is 4.92 Å². The first kappa shape index (κ1) is 14.0. The smallest absolute Gasteiger partial charge is 0.328 e. The first-order chi connectivity index (χ1) is 8.31. The van der Waals surface area contributed by atoms with E-state index in [1.165, 1.54) is 13.8 Å². The van der Waals surface area contributed by atoms with Crippen molar-refractivity contribution in [3.05, 3.63) is 21.5 Å². The molecule has 9 heteroatoms. The average molecular weight is 263 g/mol. The van der Waals surface area contributed by atoms with E-state index in [0.717, 1.165) is 4.68 Å². The van der Waals surface area contributed by atoms with Crippen LogP contribution in [0, 0.1) is 17.0 Å². The van der Waals surface area contributed by atoms with Crippen LogP contribution in [0.3, 0.4) is 0 Å². The molecule has 0 fully saturated rings. The summed E-state index contributed by atoms with van der Waals surface area (Å²) in [6.45, 7) is 2.72. The highest BCUT2D eigenvalue weighted by Gasteiger charge is 2.34. The number of alkyl halides is 2. The lowest BCUT2D eigenvalue weighted by molar-refractivity contribution is -0.387. The van der Waals surface area contributed by atoms with Crippen molar-refractivity contribution < 1.29 is 23.6 Å². The van der Waals surface area contributed by atoms with Crippen LogP contribution in [0.15, 0.2) is 0 Å². The van der Waals surface area contributed by atoms with Crippen molar-refractivity contribution in [2.45, 2.75) is 32.7 Å². The van der Waals surface area contributed by atoms with Gasteiger partial charge in [0, 0.05) is 0 Å². The van der Waals surface area contributed by atoms with Gasteiger partial charge in [0.2, 0.25) is 5.69 Å². The molecule has 0 unspecified atom stereocenters. The lowest BCUT2D eigenvalue weighted by Crippen LogP contribution is -2.20. The Kier molecular flexibility index (Phi) is 3.94. The highest BCUT2D eigenvalue weighted by atomic mass is 19.3. The maximum absolute atomic E-state index is 12.6. The van der Waals surface area contributed by atoms with E-state index in [0.29, 0.717) is 0 Å². The number of hydrogen-bond acceptors (Lipinski definition) is 4. The Hall–Kier alpha value is -2.06. The summed E-state index contributed by atoms with van der Waals surface area (Å²) in [4.78, 5) is 20.7. The monoisotopic (exact) mass is 263 g/mol. The maximum Gasteiger partial charge on any atom is 0.328 e. The molecule has 0 bridgehead atoms. The van der Waals surface area contributed by atoms with Gasteiger partial charge in [0.1, 0.15) is 11.7 Å².